The zero-order valence-electron chi connectivity index (χ0n) is 14.7. The fourth-order valence-electron chi connectivity index (χ4n) is 4.46. The van der Waals surface area contributed by atoms with Gasteiger partial charge in [0.25, 0.3) is 0 Å². The molecule has 2 aliphatic rings. The van der Waals surface area contributed by atoms with Crippen molar-refractivity contribution in [1.82, 2.24) is 24.1 Å². The maximum absolute atomic E-state index is 12.3. The predicted octanol–water partition coefficient (Wildman–Crippen LogP) is 2.56. The third-order valence-electron chi connectivity index (χ3n) is 5.93. The lowest BCUT2D eigenvalue weighted by Gasteiger charge is -2.17. The van der Waals surface area contributed by atoms with Gasteiger partial charge in [-0.05, 0) is 37.7 Å². The molecule has 0 amide bonds. The number of nitrogens with one attached hydrogen (secondary N) is 2. The Hall–Kier alpha value is -1.93. The Balaban J connectivity index is 1.50. The lowest BCUT2D eigenvalue weighted by atomic mass is 9.93. The van der Waals surface area contributed by atoms with Gasteiger partial charge in [0.1, 0.15) is 5.82 Å². The molecule has 3 aromatic rings. The van der Waals surface area contributed by atoms with E-state index in [0.717, 1.165) is 54.6 Å². The summed E-state index contributed by atoms with van der Waals surface area (Å²) in [5.41, 5.74) is 2.84. The molecule has 0 spiro atoms. The molecule has 7 nitrogen and oxygen atoms in total. The third kappa shape index (κ3) is 2.54. The second kappa shape index (κ2) is 5.79. The molecular formula is C18H23N5O2S. The number of hydrogen-bond donors (Lipinski definition) is 2. The van der Waals surface area contributed by atoms with Crippen LogP contribution in [-0.4, -0.2) is 39.1 Å². The summed E-state index contributed by atoms with van der Waals surface area (Å²) in [6.45, 7) is 2.18. The Kier molecular flexibility index (Phi) is 3.62. The topological polar surface area (TPSA) is 92.2 Å². The minimum absolute atomic E-state index is 0.00597. The van der Waals surface area contributed by atoms with Crippen LogP contribution in [0.2, 0.25) is 0 Å². The van der Waals surface area contributed by atoms with E-state index in [9.17, 15) is 8.42 Å². The highest BCUT2D eigenvalue weighted by molar-refractivity contribution is 7.90. The summed E-state index contributed by atoms with van der Waals surface area (Å²) in [5.74, 6) is 1.69. The van der Waals surface area contributed by atoms with Crippen molar-refractivity contribution in [2.75, 3.05) is 0 Å². The van der Waals surface area contributed by atoms with Crippen molar-refractivity contribution < 1.29 is 8.42 Å². The molecule has 2 aliphatic carbocycles. The molecule has 3 heterocycles. The van der Waals surface area contributed by atoms with E-state index in [1.165, 1.54) is 0 Å². The molecular weight excluding hydrogens is 350 g/mol. The number of H-pyrrole nitrogens is 1. The van der Waals surface area contributed by atoms with Crippen molar-refractivity contribution in [2.24, 2.45) is 5.92 Å². The highest BCUT2D eigenvalue weighted by Gasteiger charge is 2.42. The summed E-state index contributed by atoms with van der Waals surface area (Å²) >= 11 is 0. The maximum Gasteiger partial charge on any atom is 0.214 e. The minimum atomic E-state index is -3.15. The van der Waals surface area contributed by atoms with E-state index in [-0.39, 0.29) is 17.2 Å². The van der Waals surface area contributed by atoms with Gasteiger partial charge in [0, 0.05) is 18.2 Å². The SMILES string of the molecule is CC[C@H]1C[C@@H](NS(=O)(=O)C2CC2)C[C@H]1c1ncc2cnc3[nH]ccc3n12. The Labute approximate surface area is 152 Å². The lowest BCUT2D eigenvalue weighted by Crippen LogP contribution is -2.35. The first-order chi connectivity index (χ1) is 12.6. The second-order valence-corrected chi connectivity index (χ2v) is 9.64. The fraction of sp³-hybridized carbons (Fsp3) is 0.556. The first-order valence-electron chi connectivity index (χ1n) is 9.37. The molecule has 0 saturated heterocycles. The molecule has 2 N–H and O–H groups in total. The van der Waals surface area contributed by atoms with Gasteiger partial charge < -0.3 is 4.98 Å². The largest absolute Gasteiger partial charge is 0.345 e. The van der Waals surface area contributed by atoms with E-state index in [2.05, 4.69) is 26.0 Å². The second-order valence-electron chi connectivity index (χ2n) is 7.65. The molecule has 0 bridgehead atoms. The van der Waals surface area contributed by atoms with Crippen LogP contribution in [0.25, 0.3) is 16.7 Å². The average molecular weight is 373 g/mol. The molecule has 2 saturated carbocycles. The predicted molar refractivity (Wildman–Crippen MR) is 99.5 cm³/mol. The van der Waals surface area contributed by atoms with Gasteiger partial charge in [-0.2, -0.15) is 0 Å². The van der Waals surface area contributed by atoms with Crippen molar-refractivity contribution in [2.45, 2.75) is 56.2 Å². The van der Waals surface area contributed by atoms with E-state index in [1.54, 1.807) is 0 Å². The Morgan fingerprint density at radius 2 is 2.08 bits per heavy atom. The van der Waals surface area contributed by atoms with Gasteiger partial charge in [0.05, 0.1) is 28.7 Å². The summed E-state index contributed by atoms with van der Waals surface area (Å²) in [4.78, 5) is 12.3. The molecule has 0 unspecified atom stereocenters. The number of imidazole rings is 1. The van der Waals surface area contributed by atoms with Gasteiger partial charge >= 0.3 is 0 Å². The van der Waals surface area contributed by atoms with Crippen molar-refractivity contribution in [3.63, 3.8) is 0 Å². The standard InChI is InChI=1S/C18H23N5O2S/c1-2-11-7-12(22-26(24,25)14-3-4-14)8-15(11)18-21-10-13-9-20-17-16(23(13)18)5-6-19-17/h5-6,9-12,14-15,19,22H,2-4,7-8H2,1H3/t11-,12+,15+/m0/s1. The molecule has 3 aromatic heterocycles. The van der Waals surface area contributed by atoms with Crippen LogP contribution in [0.5, 0.6) is 0 Å². The molecule has 26 heavy (non-hydrogen) atoms. The van der Waals surface area contributed by atoms with Crippen LogP contribution >= 0.6 is 0 Å². The van der Waals surface area contributed by atoms with E-state index < -0.39 is 10.0 Å². The molecule has 138 valence electrons. The number of hydrogen-bond acceptors (Lipinski definition) is 4. The van der Waals surface area contributed by atoms with Crippen molar-refractivity contribution in [3.05, 3.63) is 30.5 Å². The van der Waals surface area contributed by atoms with Crippen molar-refractivity contribution in [3.8, 4) is 0 Å². The third-order valence-corrected chi connectivity index (χ3v) is 7.94. The molecule has 8 heteroatoms. The average Bonchev–Trinajstić information content (AvgIpc) is 3.06. The van der Waals surface area contributed by atoms with Gasteiger partial charge in [-0.3, -0.25) is 4.40 Å². The Bertz CT molecular complexity index is 1070. The highest BCUT2D eigenvalue weighted by atomic mass is 32.2. The van der Waals surface area contributed by atoms with E-state index in [1.807, 2.05) is 24.7 Å². The van der Waals surface area contributed by atoms with Crippen molar-refractivity contribution in [1.29, 1.82) is 0 Å². The van der Waals surface area contributed by atoms with E-state index in [0.29, 0.717) is 5.92 Å². The number of sulfonamides is 1. The van der Waals surface area contributed by atoms with Crippen molar-refractivity contribution >= 4 is 26.7 Å². The molecule has 3 atom stereocenters. The Morgan fingerprint density at radius 1 is 1.27 bits per heavy atom. The number of aromatic nitrogens is 4. The van der Waals surface area contributed by atoms with E-state index >= 15 is 0 Å². The van der Waals surface area contributed by atoms with Crippen LogP contribution in [-0.2, 0) is 10.0 Å². The fourth-order valence-corrected chi connectivity index (χ4v) is 6.06. The van der Waals surface area contributed by atoms with E-state index in [4.69, 9.17) is 4.98 Å². The monoisotopic (exact) mass is 373 g/mol. The van der Waals surface area contributed by atoms with Gasteiger partial charge in [0.2, 0.25) is 10.0 Å². The minimum Gasteiger partial charge on any atom is -0.345 e. The normalized spacial score (nSPS) is 26.9. The molecule has 0 aromatic carbocycles. The highest BCUT2D eigenvalue weighted by Crippen LogP contribution is 2.42. The summed E-state index contributed by atoms with van der Waals surface area (Å²) in [7, 11) is -3.15. The van der Waals surface area contributed by atoms with Gasteiger partial charge in [0.15, 0.2) is 5.65 Å². The zero-order chi connectivity index (χ0) is 17.9. The smallest absolute Gasteiger partial charge is 0.214 e. The van der Waals surface area contributed by atoms with Crippen LogP contribution < -0.4 is 4.72 Å². The maximum atomic E-state index is 12.3. The number of nitrogens with zero attached hydrogens (tertiary/aromatic N) is 3. The molecule has 0 radical (unpaired) electrons. The van der Waals surface area contributed by atoms with Gasteiger partial charge in [-0.25, -0.2) is 23.1 Å². The molecule has 0 aliphatic heterocycles. The zero-order valence-corrected chi connectivity index (χ0v) is 15.5. The van der Waals surface area contributed by atoms with Crippen LogP contribution in [0.1, 0.15) is 50.8 Å². The number of rotatable bonds is 5. The lowest BCUT2D eigenvalue weighted by molar-refractivity contribution is 0.450. The van der Waals surface area contributed by atoms with Crippen LogP contribution in [0.3, 0.4) is 0 Å². The summed E-state index contributed by atoms with van der Waals surface area (Å²) in [5, 5.41) is -0.167. The Morgan fingerprint density at radius 3 is 2.85 bits per heavy atom. The quantitative estimate of drug-likeness (QED) is 0.719. The number of fused-ring (bicyclic) bond motifs is 3. The number of aromatic amines is 1. The van der Waals surface area contributed by atoms with Gasteiger partial charge in [-0.1, -0.05) is 13.3 Å². The van der Waals surface area contributed by atoms with Crippen LogP contribution in [0, 0.1) is 5.92 Å². The molecule has 5 rings (SSSR count). The van der Waals surface area contributed by atoms with Gasteiger partial charge in [-0.15, -0.1) is 0 Å². The molecule has 2 fully saturated rings. The summed E-state index contributed by atoms with van der Waals surface area (Å²) in [6, 6.07) is 2.02. The first-order valence-corrected chi connectivity index (χ1v) is 10.9. The van der Waals surface area contributed by atoms with Crippen LogP contribution in [0.4, 0.5) is 0 Å². The summed E-state index contributed by atoms with van der Waals surface area (Å²) in [6.07, 6.45) is 9.88. The van der Waals surface area contributed by atoms with Crippen LogP contribution in [0.15, 0.2) is 24.7 Å². The first kappa shape index (κ1) is 16.3. The summed E-state index contributed by atoms with van der Waals surface area (Å²) < 4.78 is 29.8.